The molecule has 0 saturated heterocycles. The standard InChI is InChI=1S/C17H16N2O2S/c1-2-5-14-13(4-1)12-20-8-7-19(14)11-17-18-10-15(21-17)16-6-3-9-22-16/h1-6,9-10H,7-8,11-12H2. The summed E-state index contributed by atoms with van der Waals surface area (Å²) >= 11 is 1.66. The summed E-state index contributed by atoms with van der Waals surface area (Å²) in [5.74, 6) is 1.57. The molecular formula is C17H16N2O2S. The molecule has 0 radical (unpaired) electrons. The number of benzene rings is 1. The molecule has 4 nitrogen and oxygen atoms in total. The van der Waals surface area contributed by atoms with Crippen LogP contribution in [0.1, 0.15) is 11.5 Å². The molecule has 1 aromatic carbocycles. The summed E-state index contributed by atoms with van der Waals surface area (Å²) in [5, 5.41) is 2.04. The van der Waals surface area contributed by atoms with Crippen LogP contribution in [0, 0.1) is 0 Å². The average molecular weight is 312 g/mol. The normalized spacial score (nSPS) is 14.6. The first-order valence-corrected chi connectivity index (χ1v) is 8.17. The van der Waals surface area contributed by atoms with E-state index in [1.807, 2.05) is 23.6 Å². The maximum Gasteiger partial charge on any atom is 0.214 e. The Kier molecular flexibility index (Phi) is 3.66. The molecule has 5 heteroatoms. The third-order valence-electron chi connectivity index (χ3n) is 3.74. The molecule has 1 aliphatic rings. The summed E-state index contributed by atoms with van der Waals surface area (Å²) in [4.78, 5) is 7.81. The Morgan fingerprint density at radius 3 is 3.05 bits per heavy atom. The van der Waals surface area contributed by atoms with Gasteiger partial charge < -0.3 is 14.1 Å². The van der Waals surface area contributed by atoms with Crippen LogP contribution in [0.5, 0.6) is 0 Å². The van der Waals surface area contributed by atoms with Gasteiger partial charge in [-0.2, -0.15) is 0 Å². The number of rotatable bonds is 3. The Labute approximate surface area is 133 Å². The van der Waals surface area contributed by atoms with Gasteiger partial charge in [0, 0.05) is 17.8 Å². The third-order valence-corrected chi connectivity index (χ3v) is 4.62. The van der Waals surface area contributed by atoms with Gasteiger partial charge >= 0.3 is 0 Å². The van der Waals surface area contributed by atoms with Crippen LogP contribution in [0.3, 0.4) is 0 Å². The summed E-state index contributed by atoms with van der Waals surface area (Å²) in [6, 6.07) is 12.4. The first-order chi connectivity index (χ1) is 10.9. The number of oxazole rings is 1. The van der Waals surface area contributed by atoms with E-state index in [0.29, 0.717) is 19.8 Å². The first kappa shape index (κ1) is 13.5. The molecule has 22 heavy (non-hydrogen) atoms. The lowest BCUT2D eigenvalue weighted by atomic mass is 10.1. The number of nitrogens with zero attached hydrogens (tertiary/aromatic N) is 2. The second-order valence-electron chi connectivity index (χ2n) is 5.20. The number of fused-ring (bicyclic) bond motifs is 1. The molecule has 0 amide bonds. The highest BCUT2D eigenvalue weighted by atomic mass is 32.1. The Bertz CT molecular complexity index is 752. The van der Waals surface area contributed by atoms with Gasteiger partial charge in [-0.05, 0) is 17.5 Å². The molecule has 0 aliphatic carbocycles. The largest absolute Gasteiger partial charge is 0.438 e. The highest BCUT2D eigenvalue weighted by Gasteiger charge is 2.17. The number of thiophene rings is 1. The van der Waals surface area contributed by atoms with E-state index in [-0.39, 0.29) is 0 Å². The number of para-hydroxylation sites is 1. The quantitative estimate of drug-likeness (QED) is 0.734. The monoisotopic (exact) mass is 312 g/mol. The number of ether oxygens (including phenoxy) is 1. The topological polar surface area (TPSA) is 38.5 Å². The van der Waals surface area contributed by atoms with E-state index in [1.165, 1.54) is 11.3 Å². The molecule has 112 valence electrons. The minimum Gasteiger partial charge on any atom is -0.438 e. The van der Waals surface area contributed by atoms with Crippen molar-refractivity contribution in [2.75, 3.05) is 18.1 Å². The minimum absolute atomic E-state index is 0.658. The molecule has 2 aromatic heterocycles. The summed E-state index contributed by atoms with van der Waals surface area (Å²) in [7, 11) is 0. The van der Waals surface area contributed by atoms with Crippen molar-refractivity contribution >= 4 is 17.0 Å². The third kappa shape index (κ3) is 2.65. The number of hydrogen-bond donors (Lipinski definition) is 0. The lowest BCUT2D eigenvalue weighted by Crippen LogP contribution is -2.25. The van der Waals surface area contributed by atoms with Crippen LogP contribution in [0.2, 0.25) is 0 Å². The molecule has 0 N–H and O–H groups in total. The van der Waals surface area contributed by atoms with Crippen molar-refractivity contribution < 1.29 is 9.15 Å². The second kappa shape index (κ2) is 5.94. The Morgan fingerprint density at radius 1 is 1.18 bits per heavy atom. The van der Waals surface area contributed by atoms with Crippen molar-refractivity contribution in [1.82, 2.24) is 4.98 Å². The van der Waals surface area contributed by atoms with E-state index in [4.69, 9.17) is 9.15 Å². The molecule has 0 atom stereocenters. The molecule has 0 unspecified atom stereocenters. The Morgan fingerprint density at radius 2 is 2.14 bits per heavy atom. The van der Waals surface area contributed by atoms with Gasteiger partial charge in [-0.1, -0.05) is 24.3 Å². The van der Waals surface area contributed by atoms with E-state index in [1.54, 1.807) is 17.5 Å². The van der Waals surface area contributed by atoms with Gasteiger partial charge in [-0.25, -0.2) is 4.98 Å². The zero-order valence-electron chi connectivity index (χ0n) is 12.1. The molecule has 0 fully saturated rings. The van der Waals surface area contributed by atoms with Gasteiger partial charge in [-0.15, -0.1) is 11.3 Å². The van der Waals surface area contributed by atoms with E-state index in [9.17, 15) is 0 Å². The van der Waals surface area contributed by atoms with E-state index < -0.39 is 0 Å². The van der Waals surface area contributed by atoms with Crippen molar-refractivity contribution in [3.05, 3.63) is 59.4 Å². The number of aromatic nitrogens is 1. The van der Waals surface area contributed by atoms with Crippen molar-refractivity contribution in [2.24, 2.45) is 0 Å². The summed E-state index contributed by atoms with van der Waals surface area (Å²) < 4.78 is 11.6. The molecule has 0 spiro atoms. The predicted molar refractivity (Wildman–Crippen MR) is 87.0 cm³/mol. The van der Waals surface area contributed by atoms with Crippen molar-refractivity contribution in [3.63, 3.8) is 0 Å². The summed E-state index contributed by atoms with van der Waals surface area (Å²) in [5.41, 5.74) is 2.42. The van der Waals surface area contributed by atoms with Crippen molar-refractivity contribution in [2.45, 2.75) is 13.2 Å². The van der Waals surface area contributed by atoms with Gasteiger partial charge in [-0.3, -0.25) is 0 Å². The van der Waals surface area contributed by atoms with Gasteiger partial charge in [0.2, 0.25) is 5.89 Å². The SMILES string of the molecule is c1csc(-c2cnc(CN3CCOCc4ccccc43)o2)c1. The average Bonchev–Trinajstić information content (AvgIpc) is 3.18. The molecule has 3 aromatic rings. The van der Waals surface area contributed by atoms with Crippen LogP contribution in [0.4, 0.5) is 5.69 Å². The predicted octanol–water partition coefficient (Wildman–Crippen LogP) is 3.94. The van der Waals surface area contributed by atoms with E-state index in [0.717, 1.165) is 23.1 Å². The van der Waals surface area contributed by atoms with Crippen LogP contribution in [0.25, 0.3) is 10.6 Å². The molecule has 1 aliphatic heterocycles. The van der Waals surface area contributed by atoms with E-state index in [2.05, 4.69) is 28.1 Å². The fourth-order valence-electron chi connectivity index (χ4n) is 2.66. The smallest absolute Gasteiger partial charge is 0.214 e. The zero-order valence-corrected chi connectivity index (χ0v) is 12.9. The van der Waals surface area contributed by atoms with Crippen LogP contribution < -0.4 is 4.90 Å². The molecule has 3 heterocycles. The first-order valence-electron chi connectivity index (χ1n) is 7.29. The highest BCUT2D eigenvalue weighted by molar-refractivity contribution is 7.13. The fourth-order valence-corrected chi connectivity index (χ4v) is 3.33. The Balaban J connectivity index is 1.58. The zero-order chi connectivity index (χ0) is 14.8. The van der Waals surface area contributed by atoms with Gasteiger partial charge in [0.25, 0.3) is 0 Å². The lowest BCUT2D eigenvalue weighted by molar-refractivity contribution is 0.132. The van der Waals surface area contributed by atoms with Crippen molar-refractivity contribution in [1.29, 1.82) is 0 Å². The maximum absolute atomic E-state index is 5.90. The minimum atomic E-state index is 0.658. The van der Waals surface area contributed by atoms with Gasteiger partial charge in [0.15, 0.2) is 5.76 Å². The summed E-state index contributed by atoms with van der Waals surface area (Å²) in [6.45, 7) is 2.88. The van der Waals surface area contributed by atoms with Crippen LogP contribution in [-0.2, 0) is 17.9 Å². The Hall–Kier alpha value is -2.11. The fraction of sp³-hybridized carbons (Fsp3) is 0.235. The van der Waals surface area contributed by atoms with Gasteiger partial charge in [0.05, 0.1) is 30.8 Å². The van der Waals surface area contributed by atoms with E-state index >= 15 is 0 Å². The highest BCUT2D eigenvalue weighted by Crippen LogP contribution is 2.28. The number of hydrogen-bond acceptors (Lipinski definition) is 5. The molecule has 0 bridgehead atoms. The lowest BCUT2D eigenvalue weighted by Gasteiger charge is -2.22. The van der Waals surface area contributed by atoms with Gasteiger partial charge in [0.1, 0.15) is 0 Å². The summed E-state index contributed by atoms with van der Waals surface area (Å²) in [6.07, 6.45) is 1.81. The maximum atomic E-state index is 5.90. The van der Waals surface area contributed by atoms with Crippen LogP contribution in [0.15, 0.2) is 52.4 Å². The number of anilines is 1. The second-order valence-corrected chi connectivity index (χ2v) is 6.15. The molecular weight excluding hydrogens is 296 g/mol. The molecule has 4 rings (SSSR count). The van der Waals surface area contributed by atoms with Crippen LogP contribution >= 0.6 is 11.3 Å². The van der Waals surface area contributed by atoms with Crippen LogP contribution in [-0.4, -0.2) is 18.1 Å². The van der Waals surface area contributed by atoms with Crippen molar-refractivity contribution in [3.8, 4) is 10.6 Å². The molecule has 0 saturated carbocycles.